The SMILES string of the molecule is CCc1nc(-c2ccccc2F)c(N)n1C(C)(C)C. The average Bonchev–Trinajstić information content (AvgIpc) is 2.66. The van der Waals surface area contributed by atoms with Crippen LogP contribution >= 0.6 is 0 Å². The molecule has 1 aromatic carbocycles. The summed E-state index contributed by atoms with van der Waals surface area (Å²) in [5.41, 5.74) is 7.01. The topological polar surface area (TPSA) is 43.8 Å². The number of hydrogen-bond donors (Lipinski definition) is 1. The van der Waals surface area contributed by atoms with Crippen LogP contribution in [0.2, 0.25) is 0 Å². The molecule has 1 heterocycles. The predicted molar refractivity (Wildman–Crippen MR) is 76.4 cm³/mol. The van der Waals surface area contributed by atoms with Crippen molar-refractivity contribution in [3.63, 3.8) is 0 Å². The smallest absolute Gasteiger partial charge is 0.132 e. The van der Waals surface area contributed by atoms with Crippen molar-refractivity contribution in [1.82, 2.24) is 9.55 Å². The molecule has 3 nitrogen and oxygen atoms in total. The van der Waals surface area contributed by atoms with Gasteiger partial charge in [-0.2, -0.15) is 0 Å². The number of nitrogens with zero attached hydrogens (tertiary/aromatic N) is 2. The highest BCUT2D eigenvalue weighted by Crippen LogP contribution is 2.32. The van der Waals surface area contributed by atoms with Gasteiger partial charge in [-0.05, 0) is 32.9 Å². The first-order valence-corrected chi connectivity index (χ1v) is 6.48. The summed E-state index contributed by atoms with van der Waals surface area (Å²) in [6.07, 6.45) is 0.760. The van der Waals surface area contributed by atoms with Crippen molar-refractivity contribution in [2.45, 2.75) is 39.7 Å². The minimum absolute atomic E-state index is 0.175. The van der Waals surface area contributed by atoms with Crippen LogP contribution in [0.5, 0.6) is 0 Å². The summed E-state index contributed by atoms with van der Waals surface area (Å²) in [6.45, 7) is 8.22. The van der Waals surface area contributed by atoms with Crippen molar-refractivity contribution in [2.75, 3.05) is 5.73 Å². The molecule has 4 heteroatoms. The van der Waals surface area contributed by atoms with Gasteiger partial charge in [0.1, 0.15) is 23.2 Å². The number of imidazole rings is 1. The van der Waals surface area contributed by atoms with Crippen LogP contribution in [0.4, 0.5) is 10.2 Å². The number of aryl methyl sites for hydroxylation is 1. The summed E-state index contributed by atoms with van der Waals surface area (Å²) >= 11 is 0. The summed E-state index contributed by atoms with van der Waals surface area (Å²) in [6, 6.07) is 6.59. The highest BCUT2D eigenvalue weighted by Gasteiger charge is 2.24. The largest absolute Gasteiger partial charge is 0.383 e. The molecule has 2 rings (SSSR count). The van der Waals surface area contributed by atoms with Crippen molar-refractivity contribution in [1.29, 1.82) is 0 Å². The van der Waals surface area contributed by atoms with E-state index in [1.54, 1.807) is 18.2 Å². The lowest BCUT2D eigenvalue weighted by Gasteiger charge is -2.24. The van der Waals surface area contributed by atoms with E-state index in [-0.39, 0.29) is 11.4 Å². The van der Waals surface area contributed by atoms with Crippen LogP contribution in [0, 0.1) is 5.82 Å². The lowest BCUT2D eigenvalue weighted by molar-refractivity contribution is 0.389. The molecule has 0 aliphatic carbocycles. The lowest BCUT2D eigenvalue weighted by atomic mass is 10.1. The van der Waals surface area contributed by atoms with Crippen molar-refractivity contribution < 1.29 is 4.39 Å². The first-order valence-electron chi connectivity index (χ1n) is 6.48. The van der Waals surface area contributed by atoms with E-state index in [1.165, 1.54) is 6.07 Å². The number of halogens is 1. The lowest BCUT2D eigenvalue weighted by Crippen LogP contribution is -2.25. The zero-order valence-electron chi connectivity index (χ0n) is 11.9. The Morgan fingerprint density at radius 1 is 1.26 bits per heavy atom. The Morgan fingerprint density at radius 3 is 2.37 bits per heavy atom. The molecule has 0 radical (unpaired) electrons. The Morgan fingerprint density at radius 2 is 1.89 bits per heavy atom. The highest BCUT2D eigenvalue weighted by molar-refractivity contribution is 5.71. The molecular formula is C15H20FN3. The zero-order valence-corrected chi connectivity index (χ0v) is 11.9. The van der Waals surface area contributed by atoms with E-state index in [2.05, 4.69) is 25.8 Å². The number of nitrogens with two attached hydrogens (primary N) is 1. The molecule has 0 aliphatic rings. The van der Waals surface area contributed by atoms with Crippen molar-refractivity contribution in [2.24, 2.45) is 0 Å². The third-order valence-corrected chi connectivity index (χ3v) is 3.10. The fourth-order valence-corrected chi connectivity index (χ4v) is 2.32. The zero-order chi connectivity index (χ0) is 14.2. The summed E-state index contributed by atoms with van der Waals surface area (Å²) in [4.78, 5) is 4.52. The summed E-state index contributed by atoms with van der Waals surface area (Å²) in [5.74, 6) is 1.10. The monoisotopic (exact) mass is 261 g/mol. The van der Waals surface area contributed by atoms with Crippen molar-refractivity contribution in [3.8, 4) is 11.3 Å². The van der Waals surface area contributed by atoms with E-state index < -0.39 is 0 Å². The second kappa shape index (κ2) is 4.68. The minimum atomic E-state index is -0.296. The van der Waals surface area contributed by atoms with Crippen LogP contribution in [0.1, 0.15) is 33.5 Å². The van der Waals surface area contributed by atoms with Crippen molar-refractivity contribution in [3.05, 3.63) is 35.9 Å². The Bertz CT molecular complexity index is 594. The Hall–Kier alpha value is -1.84. The van der Waals surface area contributed by atoms with Gasteiger partial charge in [-0.25, -0.2) is 9.37 Å². The fourth-order valence-electron chi connectivity index (χ4n) is 2.32. The molecule has 2 N–H and O–H groups in total. The predicted octanol–water partition coefficient (Wildman–Crippen LogP) is 3.59. The molecule has 0 unspecified atom stereocenters. The first kappa shape index (κ1) is 13.6. The van der Waals surface area contributed by atoms with Gasteiger partial charge in [0.05, 0.1) is 0 Å². The molecule has 19 heavy (non-hydrogen) atoms. The number of nitrogen functional groups attached to an aromatic ring is 1. The molecule has 2 aromatic rings. The minimum Gasteiger partial charge on any atom is -0.383 e. The number of rotatable bonds is 2. The van der Waals surface area contributed by atoms with Crippen LogP contribution in [0.25, 0.3) is 11.3 Å². The van der Waals surface area contributed by atoms with E-state index >= 15 is 0 Å². The summed E-state index contributed by atoms with van der Waals surface area (Å²) in [5, 5.41) is 0. The van der Waals surface area contributed by atoms with Gasteiger partial charge in [-0.3, -0.25) is 0 Å². The standard InChI is InChI=1S/C15H20FN3/c1-5-12-18-13(10-8-6-7-9-11(10)16)14(17)19(12)15(2,3)4/h6-9H,5,17H2,1-4H3. The Kier molecular flexibility index (Phi) is 3.35. The molecule has 0 atom stereocenters. The van der Waals surface area contributed by atoms with Crippen LogP contribution in [-0.4, -0.2) is 9.55 Å². The molecular weight excluding hydrogens is 241 g/mol. The maximum atomic E-state index is 13.9. The van der Waals surface area contributed by atoms with Crippen LogP contribution in [-0.2, 0) is 12.0 Å². The third-order valence-electron chi connectivity index (χ3n) is 3.10. The van der Waals surface area contributed by atoms with Gasteiger partial charge in [0.2, 0.25) is 0 Å². The number of hydrogen-bond acceptors (Lipinski definition) is 2. The van der Waals surface area contributed by atoms with Crippen LogP contribution in [0.3, 0.4) is 0 Å². The highest BCUT2D eigenvalue weighted by atomic mass is 19.1. The first-order chi connectivity index (χ1) is 8.86. The molecule has 0 saturated heterocycles. The second-order valence-corrected chi connectivity index (χ2v) is 5.60. The Balaban J connectivity index is 2.68. The number of anilines is 1. The van der Waals surface area contributed by atoms with Crippen molar-refractivity contribution >= 4 is 5.82 Å². The van der Waals surface area contributed by atoms with E-state index in [0.717, 1.165) is 12.2 Å². The molecule has 0 spiro atoms. The van der Waals surface area contributed by atoms with Gasteiger partial charge in [0, 0.05) is 17.5 Å². The fraction of sp³-hybridized carbons (Fsp3) is 0.400. The molecule has 0 saturated carbocycles. The second-order valence-electron chi connectivity index (χ2n) is 5.60. The quantitative estimate of drug-likeness (QED) is 0.897. The van der Waals surface area contributed by atoms with Gasteiger partial charge < -0.3 is 10.3 Å². The van der Waals surface area contributed by atoms with Gasteiger partial charge in [0.15, 0.2) is 0 Å². The summed E-state index contributed by atoms with van der Waals surface area (Å²) < 4.78 is 15.9. The van der Waals surface area contributed by atoms with Gasteiger partial charge in [0.25, 0.3) is 0 Å². The molecule has 0 aliphatic heterocycles. The van der Waals surface area contributed by atoms with E-state index in [4.69, 9.17) is 5.73 Å². The molecule has 102 valence electrons. The van der Waals surface area contributed by atoms with Gasteiger partial charge in [-0.15, -0.1) is 0 Å². The van der Waals surface area contributed by atoms with Crippen LogP contribution in [0.15, 0.2) is 24.3 Å². The molecule has 0 bridgehead atoms. The van der Waals surface area contributed by atoms with Crippen LogP contribution < -0.4 is 5.73 Å². The number of aromatic nitrogens is 2. The van der Waals surface area contributed by atoms with E-state index in [9.17, 15) is 4.39 Å². The third kappa shape index (κ3) is 2.35. The molecule has 1 aromatic heterocycles. The average molecular weight is 261 g/mol. The van der Waals surface area contributed by atoms with E-state index in [1.807, 2.05) is 11.5 Å². The number of benzene rings is 1. The van der Waals surface area contributed by atoms with Gasteiger partial charge >= 0.3 is 0 Å². The maximum Gasteiger partial charge on any atom is 0.132 e. The molecule has 0 fully saturated rings. The maximum absolute atomic E-state index is 13.9. The van der Waals surface area contributed by atoms with E-state index in [0.29, 0.717) is 17.1 Å². The summed E-state index contributed by atoms with van der Waals surface area (Å²) in [7, 11) is 0. The Labute approximate surface area is 113 Å². The molecule has 0 amide bonds. The van der Waals surface area contributed by atoms with Gasteiger partial charge in [-0.1, -0.05) is 19.1 Å². The normalized spacial score (nSPS) is 11.8.